The molecular weight excluding hydrogens is 290 g/mol. The van der Waals surface area contributed by atoms with Crippen molar-refractivity contribution in [2.45, 2.75) is 12.8 Å². The standard InChI is InChI=1S/C14H19N3O3S/c1-21(18,19)17-8-6-11(7-9-17)10-15-14-16-12-4-2-3-5-13(12)20-14/h2-5,11H,6-10H2,1H3,(H,15,16). The van der Waals surface area contributed by atoms with E-state index in [0.717, 1.165) is 30.5 Å². The maximum absolute atomic E-state index is 11.5. The number of piperidine rings is 1. The number of nitrogens with zero attached hydrogens (tertiary/aromatic N) is 2. The Morgan fingerprint density at radius 3 is 2.71 bits per heavy atom. The van der Waals surface area contributed by atoms with Crippen LogP contribution in [0.2, 0.25) is 0 Å². The van der Waals surface area contributed by atoms with Crippen LogP contribution >= 0.6 is 0 Å². The van der Waals surface area contributed by atoms with Gasteiger partial charge in [-0.1, -0.05) is 12.1 Å². The van der Waals surface area contributed by atoms with E-state index in [1.165, 1.54) is 6.26 Å². The minimum atomic E-state index is -3.05. The summed E-state index contributed by atoms with van der Waals surface area (Å²) in [6.45, 7) is 1.95. The van der Waals surface area contributed by atoms with Gasteiger partial charge in [0.15, 0.2) is 5.58 Å². The molecule has 7 heteroatoms. The molecule has 3 rings (SSSR count). The Bertz CT molecular complexity index is 685. The Kier molecular flexibility index (Phi) is 3.86. The maximum atomic E-state index is 11.5. The number of rotatable bonds is 4. The first kappa shape index (κ1) is 14.3. The Morgan fingerprint density at radius 2 is 2.05 bits per heavy atom. The summed E-state index contributed by atoms with van der Waals surface area (Å²) >= 11 is 0. The number of hydrogen-bond donors (Lipinski definition) is 1. The van der Waals surface area contributed by atoms with Crippen molar-refractivity contribution in [2.75, 3.05) is 31.2 Å². The van der Waals surface area contributed by atoms with Crippen LogP contribution in [0.5, 0.6) is 0 Å². The van der Waals surface area contributed by atoms with Crippen LogP contribution in [-0.2, 0) is 10.0 Å². The summed E-state index contributed by atoms with van der Waals surface area (Å²) in [5.74, 6) is 0.443. The van der Waals surface area contributed by atoms with Crippen LogP contribution in [0.1, 0.15) is 12.8 Å². The number of benzene rings is 1. The number of fused-ring (bicyclic) bond motifs is 1. The molecule has 114 valence electrons. The van der Waals surface area contributed by atoms with E-state index >= 15 is 0 Å². The third kappa shape index (κ3) is 3.36. The average molecular weight is 309 g/mol. The van der Waals surface area contributed by atoms with Crippen molar-refractivity contribution < 1.29 is 12.8 Å². The quantitative estimate of drug-likeness (QED) is 0.933. The summed E-state index contributed by atoms with van der Waals surface area (Å²) in [5, 5.41) is 3.21. The number of hydrogen-bond acceptors (Lipinski definition) is 5. The molecule has 2 heterocycles. The molecule has 0 saturated carbocycles. The minimum Gasteiger partial charge on any atom is -0.424 e. The molecule has 1 N–H and O–H groups in total. The van der Waals surface area contributed by atoms with Gasteiger partial charge in [0.05, 0.1) is 6.26 Å². The molecule has 0 spiro atoms. The molecule has 0 bridgehead atoms. The molecule has 1 aliphatic rings. The zero-order chi connectivity index (χ0) is 14.9. The molecule has 6 nitrogen and oxygen atoms in total. The van der Waals surface area contributed by atoms with Crippen molar-refractivity contribution in [1.29, 1.82) is 0 Å². The number of anilines is 1. The van der Waals surface area contributed by atoms with E-state index < -0.39 is 10.0 Å². The lowest BCUT2D eigenvalue weighted by molar-refractivity contribution is 0.283. The fourth-order valence-electron chi connectivity index (χ4n) is 2.62. The van der Waals surface area contributed by atoms with Crippen LogP contribution in [0.15, 0.2) is 28.7 Å². The minimum absolute atomic E-state index is 0.443. The second-order valence-electron chi connectivity index (χ2n) is 5.47. The van der Waals surface area contributed by atoms with Gasteiger partial charge in [0.25, 0.3) is 6.01 Å². The smallest absolute Gasteiger partial charge is 0.295 e. The lowest BCUT2D eigenvalue weighted by Gasteiger charge is -2.30. The van der Waals surface area contributed by atoms with Gasteiger partial charge < -0.3 is 9.73 Å². The number of oxazole rings is 1. The highest BCUT2D eigenvalue weighted by Gasteiger charge is 2.24. The van der Waals surface area contributed by atoms with Gasteiger partial charge in [0.2, 0.25) is 10.0 Å². The van der Waals surface area contributed by atoms with Gasteiger partial charge in [-0.05, 0) is 30.9 Å². The van der Waals surface area contributed by atoms with Gasteiger partial charge >= 0.3 is 0 Å². The van der Waals surface area contributed by atoms with E-state index in [2.05, 4.69) is 10.3 Å². The number of nitrogens with one attached hydrogen (secondary N) is 1. The highest BCUT2D eigenvalue weighted by molar-refractivity contribution is 7.88. The van der Waals surface area contributed by atoms with Crippen molar-refractivity contribution in [3.05, 3.63) is 24.3 Å². The topological polar surface area (TPSA) is 75.4 Å². The predicted molar refractivity (Wildman–Crippen MR) is 81.6 cm³/mol. The SMILES string of the molecule is CS(=O)(=O)N1CCC(CNc2nc3ccccc3o2)CC1. The van der Waals surface area contributed by atoms with Crippen molar-refractivity contribution in [3.63, 3.8) is 0 Å². The van der Waals surface area contributed by atoms with Crippen LogP contribution in [0, 0.1) is 5.92 Å². The summed E-state index contributed by atoms with van der Waals surface area (Å²) < 4.78 is 30.1. The molecule has 1 aromatic carbocycles. The Hall–Kier alpha value is -1.60. The van der Waals surface area contributed by atoms with Crippen LogP contribution in [0.3, 0.4) is 0 Å². The molecule has 0 unspecified atom stereocenters. The first-order valence-electron chi connectivity index (χ1n) is 7.07. The van der Waals surface area contributed by atoms with Crippen LogP contribution < -0.4 is 5.32 Å². The van der Waals surface area contributed by atoms with Gasteiger partial charge in [0, 0.05) is 19.6 Å². The molecule has 1 aliphatic heterocycles. The van der Waals surface area contributed by atoms with E-state index in [4.69, 9.17) is 4.42 Å². The third-order valence-corrected chi connectivity index (χ3v) is 5.18. The van der Waals surface area contributed by atoms with Gasteiger partial charge in [-0.2, -0.15) is 4.98 Å². The van der Waals surface area contributed by atoms with E-state index in [1.54, 1.807) is 4.31 Å². The summed E-state index contributed by atoms with van der Waals surface area (Å²) in [6.07, 6.45) is 2.99. The number of aromatic nitrogens is 1. The van der Waals surface area contributed by atoms with E-state index in [0.29, 0.717) is 25.0 Å². The Balaban J connectivity index is 1.54. The maximum Gasteiger partial charge on any atom is 0.295 e. The molecule has 1 aromatic heterocycles. The van der Waals surface area contributed by atoms with Crippen molar-refractivity contribution >= 4 is 27.1 Å². The summed E-state index contributed by atoms with van der Waals surface area (Å²) in [4.78, 5) is 4.37. The fraction of sp³-hybridized carbons (Fsp3) is 0.500. The number of para-hydroxylation sites is 2. The van der Waals surface area contributed by atoms with Gasteiger partial charge in [-0.3, -0.25) is 0 Å². The van der Waals surface area contributed by atoms with Crippen LogP contribution in [0.4, 0.5) is 6.01 Å². The second kappa shape index (κ2) is 5.65. The molecule has 0 atom stereocenters. The predicted octanol–water partition coefficient (Wildman–Crippen LogP) is 1.91. The Labute approximate surface area is 124 Å². The van der Waals surface area contributed by atoms with E-state index in [9.17, 15) is 8.42 Å². The van der Waals surface area contributed by atoms with Gasteiger partial charge in [-0.25, -0.2) is 12.7 Å². The molecule has 0 radical (unpaired) electrons. The molecule has 1 fully saturated rings. The highest BCUT2D eigenvalue weighted by Crippen LogP contribution is 2.22. The highest BCUT2D eigenvalue weighted by atomic mass is 32.2. The zero-order valence-corrected chi connectivity index (χ0v) is 12.8. The summed E-state index contributed by atoms with van der Waals surface area (Å²) in [7, 11) is -3.05. The van der Waals surface area contributed by atoms with Gasteiger partial charge in [0.1, 0.15) is 5.52 Å². The summed E-state index contributed by atoms with van der Waals surface area (Å²) in [6, 6.07) is 8.17. The monoisotopic (exact) mass is 309 g/mol. The lowest BCUT2D eigenvalue weighted by atomic mass is 9.98. The molecule has 21 heavy (non-hydrogen) atoms. The van der Waals surface area contributed by atoms with Crippen molar-refractivity contribution in [2.24, 2.45) is 5.92 Å². The van der Waals surface area contributed by atoms with Gasteiger partial charge in [-0.15, -0.1) is 0 Å². The van der Waals surface area contributed by atoms with Crippen molar-refractivity contribution in [3.8, 4) is 0 Å². The summed E-state index contributed by atoms with van der Waals surface area (Å²) in [5.41, 5.74) is 1.61. The van der Waals surface area contributed by atoms with E-state index in [-0.39, 0.29) is 0 Å². The van der Waals surface area contributed by atoms with Crippen LogP contribution in [0.25, 0.3) is 11.1 Å². The fourth-order valence-corrected chi connectivity index (χ4v) is 3.50. The molecule has 2 aromatic rings. The first-order valence-corrected chi connectivity index (χ1v) is 8.92. The zero-order valence-electron chi connectivity index (χ0n) is 11.9. The molecule has 1 saturated heterocycles. The molecule has 0 amide bonds. The molecular formula is C14H19N3O3S. The van der Waals surface area contributed by atoms with E-state index in [1.807, 2.05) is 24.3 Å². The normalized spacial score (nSPS) is 18.1. The third-order valence-electron chi connectivity index (χ3n) is 3.88. The average Bonchev–Trinajstić information content (AvgIpc) is 2.87. The number of sulfonamides is 1. The largest absolute Gasteiger partial charge is 0.424 e. The van der Waals surface area contributed by atoms with Crippen LogP contribution in [-0.4, -0.2) is 43.6 Å². The lowest BCUT2D eigenvalue weighted by Crippen LogP contribution is -2.39. The first-order chi connectivity index (χ1) is 10.0. The van der Waals surface area contributed by atoms with Crippen molar-refractivity contribution in [1.82, 2.24) is 9.29 Å². The molecule has 0 aliphatic carbocycles. The Morgan fingerprint density at radius 1 is 1.33 bits per heavy atom. The second-order valence-corrected chi connectivity index (χ2v) is 7.46.